The van der Waals surface area contributed by atoms with Crippen LogP contribution in [0.3, 0.4) is 0 Å². The van der Waals surface area contributed by atoms with E-state index < -0.39 is 0 Å². The van der Waals surface area contributed by atoms with Gasteiger partial charge in [0.1, 0.15) is 0 Å². The molecule has 2 rings (SSSR count). The normalized spacial score (nSPS) is 12.3. The van der Waals surface area contributed by atoms with Crippen molar-refractivity contribution in [2.45, 2.75) is 24.8 Å². The number of rotatable bonds is 6. The Morgan fingerprint density at radius 2 is 1.89 bits per heavy atom. The fourth-order valence-corrected chi connectivity index (χ4v) is 3.07. The third-order valence-electron chi connectivity index (χ3n) is 3.08. The maximum absolute atomic E-state index is 4.05. The van der Waals surface area contributed by atoms with Crippen LogP contribution in [-0.2, 0) is 0 Å². The molecule has 1 heterocycles. The van der Waals surface area contributed by atoms with Crippen LogP contribution in [-0.4, -0.2) is 17.3 Å². The molecule has 100 valence electrons. The molecule has 0 aliphatic heterocycles. The monoisotopic (exact) mass is 272 g/mol. The summed E-state index contributed by atoms with van der Waals surface area (Å²) >= 11 is 1.87. The van der Waals surface area contributed by atoms with E-state index in [4.69, 9.17) is 0 Å². The van der Waals surface area contributed by atoms with E-state index in [0.717, 1.165) is 12.3 Å². The quantitative estimate of drug-likeness (QED) is 0.809. The van der Waals surface area contributed by atoms with Crippen LogP contribution in [0.5, 0.6) is 0 Å². The zero-order valence-electron chi connectivity index (χ0n) is 11.5. The van der Waals surface area contributed by atoms with Crippen molar-refractivity contribution in [3.8, 4) is 0 Å². The minimum atomic E-state index is 0.393. The van der Waals surface area contributed by atoms with Gasteiger partial charge in [-0.05, 0) is 36.7 Å². The molecule has 0 aliphatic rings. The highest BCUT2D eigenvalue weighted by atomic mass is 32.2. The van der Waals surface area contributed by atoms with Crippen LogP contribution < -0.4 is 5.32 Å². The minimum absolute atomic E-state index is 0.393. The highest BCUT2D eigenvalue weighted by molar-refractivity contribution is 7.99. The third kappa shape index (κ3) is 4.08. The average molecular weight is 272 g/mol. The van der Waals surface area contributed by atoms with Crippen molar-refractivity contribution in [3.63, 3.8) is 0 Å². The van der Waals surface area contributed by atoms with E-state index in [1.54, 1.807) is 0 Å². The summed E-state index contributed by atoms with van der Waals surface area (Å²) in [6.07, 6.45) is 3.69. The molecule has 0 saturated heterocycles. The predicted octanol–water partition coefficient (Wildman–Crippen LogP) is 3.83. The first-order valence-corrected chi connectivity index (χ1v) is 7.61. The molecule has 0 aliphatic carbocycles. The Hall–Kier alpha value is -1.32. The smallest absolute Gasteiger partial charge is 0.0417 e. The number of thioether (sulfide) groups is 1. The number of nitrogens with zero attached hydrogens (tertiary/aromatic N) is 1. The predicted molar refractivity (Wildman–Crippen MR) is 82.6 cm³/mol. The van der Waals surface area contributed by atoms with Crippen molar-refractivity contribution >= 4 is 11.8 Å². The summed E-state index contributed by atoms with van der Waals surface area (Å²) < 4.78 is 0. The molecule has 1 N–H and O–H groups in total. The Morgan fingerprint density at radius 1 is 1.16 bits per heavy atom. The van der Waals surface area contributed by atoms with Gasteiger partial charge < -0.3 is 5.32 Å². The van der Waals surface area contributed by atoms with Gasteiger partial charge in [0.25, 0.3) is 0 Å². The van der Waals surface area contributed by atoms with Gasteiger partial charge in [0.05, 0.1) is 0 Å². The summed E-state index contributed by atoms with van der Waals surface area (Å²) in [5, 5.41) is 3.57. The molecule has 1 unspecified atom stereocenters. The van der Waals surface area contributed by atoms with Gasteiger partial charge in [-0.2, -0.15) is 0 Å². The van der Waals surface area contributed by atoms with Gasteiger partial charge in [-0.1, -0.05) is 31.2 Å². The highest BCUT2D eigenvalue weighted by Crippen LogP contribution is 2.25. The topological polar surface area (TPSA) is 24.9 Å². The van der Waals surface area contributed by atoms with Crippen molar-refractivity contribution in [2.75, 3.05) is 12.3 Å². The van der Waals surface area contributed by atoms with E-state index >= 15 is 0 Å². The average Bonchev–Trinajstić information content (AvgIpc) is 2.45. The fourth-order valence-electron chi connectivity index (χ4n) is 2.10. The van der Waals surface area contributed by atoms with E-state index in [1.807, 2.05) is 24.2 Å². The maximum atomic E-state index is 4.05. The maximum Gasteiger partial charge on any atom is 0.0417 e. The largest absolute Gasteiger partial charge is 0.309 e. The number of benzene rings is 1. The molecule has 0 bridgehead atoms. The zero-order chi connectivity index (χ0) is 13.5. The lowest BCUT2D eigenvalue weighted by Gasteiger charge is -2.20. The van der Waals surface area contributed by atoms with Crippen LogP contribution in [0.1, 0.15) is 24.1 Å². The zero-order valence-corrected chi connectivity index (χ0v) is 12.3. The lowest BCUT2D eigenvalue weighted by Crippen LogP contribution is -2.23. The van der Waals surface area contributed by atoms with Gasteiger partial charge in [-0.15, -0.1) is 11.8 Å². The van der Waals surface area contributed by atoms with E-state index in [0.29, 0.717) is 6.04 Å². The second-order valence-corrected chi connectivity index (χ2v) is 5.55. The van der Waals surface area contributed by atoms with Gasteiger partial charge in [-0.3, -0.25) is 4.98 Å². The SMILES string of the molecule is CCNC(CSc1ccncc1)c1ccccc1C. The van der Waals surface area contributed by atoms with Crippen LogP contribution in [0, 0.1) is 6.92 Å². The molecule has 0 amide bonds. The molecule has 0 fully saturated rings. The lowest BCUT2D eigenvalue weighted by atomic mass is 10.0. The number of aryl methyl sites for hydroxylation is 1. The molecule has 0 saturated carbocycles. The summed E-state index contributed by atoms with van der Waals surface area (Å²) in [4.78, 5) is 5.32. The summed E-state index contributed by atoms with van der Waals surface area (Å²) in [6.45, 7) is 5.31. The van der Waals surface area contributed by atoms with Crippen molar-refractivity contribution in [1.82, 2.24) is 10.3 Å². The molecule has 0 spiro atoms. The molecule has 3 heteroatoms. The van der Waals surface area contributed by atoms with Crippen LogP contribution in [0.2, 0.25) is 0 Å². The van der Waals surface area contributed by atoms with Crippen molar-refractivity contribution in [1.29, 1.82) is 0 Å². The molecule has 0 radical (unpaired) electrons. The van der Waals surface area contributed by atoms with E-state index in [1.165, 1.54) is 16.0 Å². The Balaban J connectivity index is 2.07. The van der Waals surface area contributed by atoms with E-state index in [2.05, 4.69) is 60.5 Å². The highest BCUT2D eigenvalue weighted by Gasteiger charge is 2.12. The van der Waals surface area contributed by atoms with Crippen LogP contribution in [0.15, 0.2) is 53.7 Å². The molecule has 2 aromatic rings. The first-order valence-electron chi connectivity index (χ1n) is 6.63. The Kier molecular flexibility index (Phi) is 5.43. The number of hydrogen-bond donors (Lipinski definition) is 1. The number of nitrogens with one attached hydrogen (secondary N) is 1. The summed E-state index contributed by atoms with van der Waals surface area (Å²) in [5.41, 5.74) is 2.75. The van der Waals surface area contributed by atoms with Gasteiger partial charge in [-0.25, -0.2) is 0 Å². The minimum Gasteiger partial charge on any atom is -0.309 e. The van der Waals surface area contributed by atoms with Crippen molar-refractivity contribution in [3.05, 3.63) is 59.9 Å². The van der Waals surface area contributed by atoms with Gasteiger partial charge in [0, 0.05) is 29.1 Å². The third-order valence-corrected chi connectivity index (χ3v) is 4.19. The Morgan fingerprint density at radius 3 is 2.58 bits per heavy atom. The number of aromatic nitrogens is 1. The molecule has 19 heavy (non-hydrogen) atoms. The molecular weight excluding hydrogens is 252 g/mol. The number of hydrogen-bond acceptors (Lipinski definition) is 3. The molecule has 1 atom stereocenters. The summed E-state index contributed by atoms with van der Waals surface area (Å²) in [5.74, 6) is 1.03. The Labute approximate surface area is 119 Å². The molecular formula is C16H20N2S. The molecule has 1 aromatic heterocycles. The standard InChI is InChI=1S/C16H20N2S/c1-3-18-16(15-7-5-4-6-13(15)2)12-19-14-8-10-17-11-9-14/h4-11,16,18H,3,12H2,1-2H3. The second-order valence-electron chi connectivity index (χ2n) is 4.46. The van der Waals surface area contributed by atoms with Gasteiger partial charge in [0.15, 0.2) is 0 Å². The molecule has 2 nitrogen and oxygen atoms in total. The van der Waals surface area contributed by atoms with Crippen molar-refractivity contribution in [2.24, 2.45) is 0 Å². The Bertz CT molecular complexity index is 499. The summed E-state index contributed by atoms with van der Waals surface area (Å²) in [7, 11) is 0. The van der Waals surface area contributed by atoms with Crippen molar-refractivity contribution < 1.29 is 0 Å². The van der Waals surface area contributed by atoms with E-state index in [-0.39, 0.29) is 0 Å². The van der Waals surface area contributed by atoms with Crippen LogP contribution in [0.25, 0.3) is 0 Å². The van der Waals surface area contributed by atoms with Crippen LogP contribution >= 0.6 is 11.8 Å². The first kappa shape index (κ1) is 14.1. The number of pyridine rings is 1. The second kappa shape index (κ2) is 7.31. The van der Waals surface area contributed by atoms with Gasteiger partial charge >= 0.3 is 0 Å². The lowest BCUT2D eigenvalue weighted by molar-refractivity contribution is 0.603. The van der Waals surface area contributed by atoms with Gasteiger partial charge in [0.2, 0.25) is 0 Å². The summed E-state index contributed by atoms with van der Waals surface area (Å²) in [6, 6.07) is 13.1. The first-order chi connectivity index (χ1) is 9.31. The van der Waals surface area contributed by atoms with E-state index in [9.17, 15) is 0 Å². The molecule has 1 aromatic carbocycles. The fraction of sp³-hybridized carbons (Fsp3) is 0.312. The van der Waals surface area contributed by atoms with Crippen LogP contribution in [0.4, 0.5) is 0 Å².